The van der Waals surface area contributed by atoms with E-state index >= 15 is 0 Å². The molecule has 74 heavy (non-hydrogen) atoms. The van der Waals surface area contributed by atoms with Crippen molar-refractivity contribution in [1.29, 1.82) is 5.41 Å². The lowest BCUT2D eigenvalue weighted by molar-refractivity contribution is 1.06. The number of hydrogen-bond acceptors (Lipinski definition) is 3. The van der Waals surface area contributed by atoms with Gasteiger partial charge in [0.05, 0.1) is 33.5 Å². The standard InChI is InChI=1S/C69H49N5/c70-64(50-23-11-3-12-24-50)47-65(51-25-13-4-14-26-51)71-74-68-41-33-53(49-21-9-2-10-22-49)44-62(68)63-46-55(34-42-69(63)74)54-32-40-67-61(45-54)60-43-52(48-19-7-1-8-20-48)31-39-66(60)73(67)59-37-35-58(36-38-59)72(56-27-15-5-16-28-56)57-29-17-6-18-30-57/h1-47,70-71H/b65-47-,70-64?. The molecule has 2 N–H and O–H groups in total. The molecule has 0 aliphatic carbocycles. The molecule has 0 fully saturated rings. The maximum Gasteiger partial charge on any atom is 0.0710 e. The van der Waals surface area contributed by atoms with E-state index in [1.165, 1.54) is 21.9 Å². The van der Waals surface area contributed by atoms with E-state index in [2.05, 4.69) is 250 Å². The van der Waals surface area contributed by atoms with E-state index in [1.807, 2.05) is 54.6 Å². The maximum atomic E-state index is 9.18. The van der Waals surface area contributed by atoms with Crippen LogP contribution < -0.4 is 10.3 Å². The third-order valence-electron chi connectivity index (χ3n) is 14.2. The molecule has 0 spiro atoms. The first kappa shape index (κ1) is 44.0. The lowest BCUT2D eigenvalue weighted by Gasteiger charge is -2.25. The molecule has 0 radical (unpaired) electrons. The molecule has 13 aromatic rings. The van der Waals surface area contributed by atoms with Gasteiger partial charge in [-0.1, -0.05) is 182 Å². The fourth-order valence-electron chi connectivity index (χ4n) is 10.5. The predicted molar refractivity (Wildman–Crippen MR) is 312 cm³/mol. The fraction of sp³-hybridized carbons (Fsp3) is 0. The van der Waals surface area contributed by atoms with Crippen LogP contribution >= 0.6 is 0 Å². The fourth-order valence-corrected chi connectivity index (χ4v) is 10.5. The summed E-state index contributed by atoms with van der Waals surface area (Å²) in [7, 11) is 0. The van der Waals surface area contributed by atoms with E-state index in [1.54, 1.807) is 0 Å². The summed E-state index contributed by atoms with van der Waals surface area (Å²) >= 11 is 0. The summed E-state index contributed by atoms with van der Waals surface area (Å²) in [5.41, 5.74) is 22.6. The van der Waals surface area contributed by atoms with Crippen molar-refractivity contribution >= 4 is 72.1 Å². The summed E-state index contributed by atoms with van der Waals surface area (Å²) < 4.78 is 4.60. The van der Waals surface area contributed by atoms with Crippen molar-refractivity contribution in [2.45, 2.75) is 0 Å². The number of anilines is 3. The van der Waals surface area contributed by atoms with Crippen LogP contribution in [0.25, 0.3) is 88.4 Å². The molecule has 0 unspecified atom stereocenters. The molecule has 0 aliphatic rings. The van der Waals surface area contributed by atoms with Crippen LogP contribution in [0.15, 0.2) is 285 Å². The Hall–Kier alpha value is -9.97. The first-order valence-corrected chi connectivity index (χ1v) is 25.1. The highest BCUT2D eigenvalue weighted by Gasteiger charge is 2.19. The molecule has 0 aliphatic heterocycles. The summed E-state index contributed by atoms with van der Waals surface area (Å²) in [6, 6.07) is 98.9. The van der Waals surface area contributed by atoms with E-state index < -0.39 is 0 Å². The third kappa shape index (κ3) is 8.18. The van der Waals surface area contributed by atoms with Crippen molar-refractivity contribution in [3.63, 3.8) is 0 Å². The summed E-state index contributed by atoms with van der Waals surface area (Å²) in [4.78, 5) is 2.30. The lowest BCUT2D eigenvalue weighted by atomic mass is 9.98. The van der Waals surface area contributed by atoms with Gasteiger partial charge in [0.25, 0.3) is 0 Å². The highest BCUT2D eigenvalue weighted by Crippen LogP contribution is 2.41. The lowest BCUT2D eigenvalue weighted by Crippen LogP contribution is -2.14. The molecule has 0 bridgehead atoms. The van der Waals surface area contributed by atoms with Gasteiger partial charge in [0.2, 0.25) is 0 Å². The molecular formula is C69H49N5. The summed E-state index contributed by atoms with van der Waals surface area (Å²) in [6.07, 6.45) is 1.93. The molecule has 2 aromatic heterocycles. The Morgan fingerprint density at radius 2 is 0.689 bits per heavy atom. The van der Waals surface area contributed by atoms with Crippen LogP contribution in [-0.4, -0.2) is 15.0 Å². The molecule has 0 atom stereocenters. The number of allylic oxidation sites excluding steroid dienone is 1. The van der Waals surface area contributed by atoms with Crippen molar-refractivity contribution < 1.29 is 0 Å². The molecular weight excluding hydrogens is 899 g/mol. The van der Waals surface area contributed by atoms with Gasteiger partial charge in [0.15, 0.2) is 0 Å². The Bertz CT molecular complexity index is 4140. The van der Waals surface area contributed by atoms with Gasteiger partial charge in [0, 0.05) is 44.3 Å². The minimum atomic E-state index is 0.425. The molecule has 5 heteroatoms. The highest BCUT2D eigenvalue weighted by atomic mass is 15.4. The van der Waals surface area contributed by atoms with Crippen molar-refractivity contribution in [3.05, 3.63) is 296 Å². The molecule has 0 saturated heterocycles. The minimum absolute atomic E-state index is 0.425. The first-order valence-electron chi connectivity index (χ1n) is 25.1. The number of hydrogen-bond donors (Lipinski definition) is 2. The van der Waals surface area contributed by atoms with Crippen molar-refractivity contribution in [2.75, 3.05) is 10.3 Å². The van der Waals surface area contributed by atoms with Gasteiger partial charge in [-0.15, -0.1) is 0 Å². The Balaban J connectivity index is 0.960. The molecule has 13 rings (SSSR count). The number of benzene rings is 11. The van der Waals surface area contributed by atoms with Gasteiger partial charge < -0.3 is 14.9 Å². The number of nitrogens with zero attached hydrogens (tertiary/aromatic N) is 3. The SMILES string of the molecule is N=C(/C=C(\Nn1c2ccc(-c3ccccc3)cc2c2cc(-c3ccc4c(c3)c3cc(-c5ccccc5)ccc3n4-c3ccc(N(c4ccccc4)c4ccccc4)cc3)ccc21)c1ccccc1)c1ccccc1. The second-order valence-corrected chi connectivity index (χ2v) is 18.7. The van der Waals surface area contributed by atoms with E-state index in [0.717, 1.165) is 94.7 Å². The molecule has 0 saturated carbocycles. The van der Waals surface area contributed by atoms with Gasteiger partial charge in [-0.3, -0.25) is 10.1 Å². The maximum absolute atomic E-state index is 9.18. The van der Waals surface area contributed by atoms with Crippen LogP contribution in [0.5, 0.6) is 0 Å². The quantitative estimate of drug-likeness (QED) is 0.120. The van der Waals surface area contributed by atoms with E-state index in [0.29, 0.717) is 5.71 Å². The van der Waals surface area contributed by atoms with Crippen LogP contribution in [0, 0.1) is 5.41 Å². The molecule has 5 nitrogen and oxygen atoms in total. The Labute approximate surface area is 430 Å². The van der Waals surface area contributed by atoms with Gasteiger partial charge in [0.1, 0.15) is 0 Å². The Kier molecular flexibility index (Phi) is 11.3. The number of rotatable bonds is 12. The van der Waals surface area contributed by atoms with Gasteiger partial charge in [-0.05, 0) is 148 Å². The van der Waals surface area contributed by atoms with Crippen LogP contribution in [0.1, 0.15) is 11.1 Å². The van der Waals surface area contributed by atoms with E-state index in [4.69, 9.17) is 0 Å². The Morgan fingerprint density at radius 1 is 0.338 bits per heavy atom. The van der Waals surface area contributed by atoms with Crippen LogP contribution in [-0.2, 0) is 0 Å². The largest absolute Gasteiger partial charge is 0.311 e. The van der Waals surface area contributed by atoms with Crippen molar-refractivity contribution in [2.24, 2.45) is 0 Å². The number of fused-ring (bicyclic) bond motifs is 6. The predicted octanol–water partition coefficient (Wildman–Crippen LogP) is 18.0. The molecule has 2 heterocycles. The third-order valence-corrected chi connectivity index (χ3v) is 14.2. The van der Waals surface area contributed by atoms with Gasteiger partial charge in [-0.2, -0.15) is 0 Å². The van der Waals surface area contributed by atoms with Crippen molar-refractivity contribution in [3.8, 4) is 39.1 Å². The summed E-state index contributed by atoms with van der Waals surface area (Å²) in [6.45, 7) is 0. The van der Waals surface area contributed by atoms with E-state index in [9.17, 15) is 5.41 Å². The summed E-state index contributed by atoms with van der Waals surface area (Å²) in [5.74, 6) is 0. The summed E-state index contributed by atoms with van der Waals surface area (Å²) in [5, 5.41) is 13.8. The van der Waals surface area contributed by atoms with E-state index in [-0.39, 0.29) is 0 Å². The molecule has 11 aromatic carbocycles. The second-order valence-electron chi connectivity index (χ2n) is 18.7. The van der Waals surface area contributed by atoms with Gasteiger partial charge in [-0.25, -0.2) is 0 Å². The van der Waals surface area contributed by atoms with Crippen molar-refractivity contribution in [1.82, 2.24) is 9.24 Å². The number of para-hydroxylation sites is 2. The zero-order valence-corrected chi connectivity index (χ0v) is 40.5. The number of aromatic nitrogens is 2. The smallest absolute Gasteiger partial charge is 0.0710 e. The average molecular weight is 948 g/mol. The average Bonchev–Trinajstić information content (AvgIpc) is 3.97. The van der Waals surface area contributed by atoms with Crippen LogP contribution in [0.3, 0.4) is 0 Å². The molecule has 350 valence electrons. The molecule has 0 amide bonds. The van der Waals surface area contributed by atoms with Crippen LogP contribution in [0.2, 0.25) is 0 Å². The van der Waals surface area contributed by atoms with Gasteiger partial charge >= 0.3 is 0 Å². The zero-order chi connectivity index (χ0) is 49.4. The zero-order valence-electron chi connectivity index (χ0n) is 40.5. The highest BCUT2D eigenvalue weighted by molar-refractivity contribution is 6.15. The monoisotopic (exact) mass is 947 g/mol. The second kappa shape index (κ2) is 19.0. The first-order chi connectivity index (χ1) is 36.6. The normalized spacial score (nSPS) is 11.6. The topological polar surface area (TPSA) is 49.0 Å². The van der Waals surface area contributed by atoms with Crippen LogP contribution in [0.4, 0.5) is 17.1 Å². The Morgan fingerprint density at radius 3 is 1.14 bits per heavy atom. The number of nitrogens with one attached hydrogen (secondary N) is 2. The minimum Gasteiger partial charge on any atom is -0.311 e.